The number of benzene rings is 2. The number of carbonyl (C=O) groups is 2. The van der Waals surface area contributed by atoms with Crippen molar-refractivity contribution in [2.75, 3.05) is 24.2 Å². The summed E-state index contributed by atoms with van der Waals surface area (Å²) in [5.74, 6) is -0.0911. The maximum Gasteiger partial charge on any atom is 0.243 e. The van der Waals surface area contributed by atoms with Crippen LogP contribution in [-0.4, -0.2) is 57.1 Å². The fourth-order valence-corrected chi connectivity index (χ4v) is 6.68. The molecule has 1 aliphatic carbocycles. The van der Waals surface area contributed by atoms with Crippen molar-refractivity contribution < 1.29 is 22.7 Å². The molecule has 1 fully saturated rings. The van der Waals surface area contributed by atoms with Crippen LogP contribution >= 0.6 is 34.8 Å². The van der Waals surface area contributed by atoms with Gasteiger partial charge in [0.2, 0.25) is 21.8 Å². The number of methoxy groups -OCH3 is 1. The fraction of sp³-hybridized carbons (Fsp3) is 0.500. The number of nitrogens with one attached hydrogen (secondary N) is 1. The number of sulfonamides is 1. The van der Waals surface area contributed by atoms with E-state index in [0.717, 1.165) is 31.9 Å². The molecule has 2 aromatic rings. The summed E-state index contributed by atoms with van der Waals surface area (Å²) >= 11 is 19.1. The summed E-state index contributed by atoms with van der Waals surface area (Å²) in [5.41, 5.74) is 0.916. The number of amides is 2. The minimum Gasteiger partial charge on any atom is -0.495 e. The van der Waals surface area contributed by atoms with Gasteiger partial charge in [-0.05, 0) is 56.0 Å². The Morgan fingerprint density at radius 3 is 2.27 bits per heavy atom. The molecule has 0 aliphatic heterocycles. The smallest absolute Gasteiger partial charge is 0.243 e. The fourth-order valence-electron chi connectivity index (χ4n) is 4.96. The summed E-state index contributed by atoms with van der Waals surface area (Å²) in [6.07, 6.45) is 5.68. The molecular weight excluding hydrogens is 597 g/mol. The average Bonchev–Trinajstić information content (AvgIpc) is 3.40. The first-order valence-electron chi connectivity index (χ1n) is 13.3. The first-order valence-corrected chi connectivity index (χ1v) is 16.3. The van der Waals surface area contributed by atoms with Crippen LogP contribution in [0.1, 0.15) is 57.4 Å². The molecule has 0 heterocycles. The van der Waals surface area contributed by atoms with E-state index in [1.807, 2.05) is 6.92 Å². The minimum atomic E-state index is -3.67. The van der Waals surface area contributed by atoms with E-state index < -0.39 is 16.1 Å². The average molecular weight is 633 g/mol. The van der Waals surface area contributed by atoms with Crippen molar-refractivity contribution in [2.24, 2.45) is 0 Å². The van der Waals surface area contributed by atoms with Gasteiger partial charge in [-0.2, -0.15) is 0 Å². The molecule has 1 saturated carbocycles. The number of anilines is 1. The Kier molecular flexibility index (Phi) is 11.8. The van der Waals surface area contributed by atoms with E-state index in [9.17, 15) is 18.0 Å². The third kappa shape index (κ3) is 8.41. The van der Waals surface area contributed by atoms with Gasteiger partial charge in [0.25, 0.3) is 0 Å². The molecule has 12 heteroatoms. The summed E-state index contributed by atoms with van der Waals surface area (Å²) in [6, 6.07) is 9.16. The Morgan fingerprint density at radius 2 is 1.73 bits per heavy atom. The van der Waals surface area contributed by atoms with E-state index in [-0.39, 0.29) is 48.8 Å². The summed E-state index contributed by atoms with van der Waals surface area (Å²) in [4.78, 5) is 28.5. The quantitative estimate of drug-likeness (QED) is 0.289. The predicted molar refractivity (Wildman–Crippen MR) is 161 cm³/mol. The molecule has 1 unspecified atom stereocenters. The number of hydrogen-bond donors (Lipinski definition) is 1. The lowest BCUT2D eigenvalue weighted by atomic mass is 10.1. The number of ether oxygens (including phenoxy) is 1. The van der Waals surface area contributed by atoms with E-state index in [4.69, 9.17) is 39.5 Å². The van der Waals surface area contributed by atoms with Crippen LogP contribution in [0.5, 0.6) is 5.75 Å². The second-order valence-corrected chi connectivity index (χ2v) is 13.0. The molecule has 220 valence electrons. The van der Waals surface area contributed by atoms with Gasteiger partial charge < -0.3 is 15.0 Å². The Balaban J connectivity index is 1.81. The predicted octanol–water partition coefficient (Wildman–Crippen LogP) is 6.07. The Morgan fingerprint density at radius 1 is 1.07 bits per heavy atom. The van der Waals surface area contributed by atoms with Gasteiger partial charge in [-0.1, -0.05) is 60.6 Å². The monoisotopic (exact) mass is 631 g/mol. The van der Waals surface area contributed by atoms with Crippen LogP contribution in [0, 0.1) is 0 Å². The molecule has 2 amide bonds. The van der Waals surface area contributed by atoms with Gasteiger partial charge in [0.15, 0.2) is 0 Å². The van der Waals surface area contributed by atoms with Gasteiger partial charge in [0.05, 0.1) is 24.1 Å². The minimum absolute atomic E-state index is 0.00515. The van der Waals surface area contributed by atoms with E-state index in [1.165, 1.54) is 22.4 Å². The topological polar surface area (TPSA) is 96.0 Å². The zero-order valence-corrected chi connectivity index (χ0v) is 26.0. The van der Waals surface area contributed by atoms with E-state index >= 15 is 0 Å². The van der Waals surface area contributed by atoms with Crippen LogP contribution in [0.4, 0.5) is 5.69 Å². The molecule has 0 radical (unpaired) electrons. The van der Waals surface area contributed by atoms with Crippen molar-refractivity contribution in [2.45, 2.75) is 70.5 Å². The van der Waals surface area contributed by atoms with Crippen molar-refractivity contribution in [1.82, 2.24) is 10.2 Å². The molecule has 40 heavy (non-hydrogen) atoms. The van der Waals surface area contributed by atoms with Gasteiger partial charge in [0.1, 0.15) is 11.8 Å². The van der Waals surface area contributed by atoms with Crippen LogP contribution < -0.4 is 14.4 Å². The highest BCUT2D eigenvalue weighted by Gasteiger charge is 2.31. The second-order valence-electron chi connectivity index (χ2n) is 9.89. The number of halogens is 3. The molecule has 2 aromatic carbocycles. The number of rotatable bonds is 13. The molecule has 1 atom stereocenters. The normalized spacial score (nSPS) is 14.6. The van der Waals surface area contributed by atoms with Crippen molar-refractivity contribution in [1.29, 1.82) is 0 Å². The van der Waals surface area contributed by atoms with E-state index in [0.29, 0.717) is 33.5 Å². The van der Waals surface area contributed by atoms with Crippen LogP contribution in [-0.2, 0) is 26.2 Å². The first kappa shape index (κ1) is 32.3. The van der Waals surface area contributed by atoms with Crippen LogP contribution in [0.3, 0.4) is 0 Å². The Hall–Kier alpha value is -2.20. The highest BCUT2D eigenvalue weighted by Crippen LogP contribution is 2.31. The second kappa shape index (κ2) is 14.6. The van der Waals surface area contributed by atoms with Crippen molar-refractivity contribution in [3.63, 3.8) is 0 Å². The van der Waals surface area contributed by atoms with Crippen LogP contribution in [0.2, 0.25) is 15.1 Å². The Bertz CT molecular complexity index is 1280. The summed E-state index contributed by atoms with van der Waals surface area (Å²) in [7, 11) is -2.20. The molecular formula is C28H36Cl3N3O5S. The SMILES string of the molecule is CCC(C(=O)NC1CCCC1)N(Cc1c(Cl)cccc1Cl)C(=O)CCCN(c1ccc(OC)c(Cl)c1)S(C)(=O)=O. The standard InChI is InChI=1S/C28H36Cl3N3O5S/c1-4-25(28(36)32-19-9-5-6-10-19)33(18-21-22(29)11-7-12-23(21)30)27(35)13-8-16-34(40(3,37)38)20-14-15-26(39-2)24(31)17-20/h7,11-12,14-15,17,19,25H,4-6,8-10,13,16,18H2,1-3H3,(H,32,36). The molecule has 1 N–H and O–H groups in total. The third-order valence-electron chi connectivity index (χ3n) is 7.05. The van der Waals surface area contributed by atoms with Gasteiger partial charge in [-0.3, -0.25) is 13.9 Å². The van der Waals surface area contributed by atoms with Crippen molar-refractivity contribution in [3.8, 4) is 5.75 Å². The largest absolute Gasteiger partial charge is 0.495 e. The molecule has 1 aliphatic rings. The van der Waals surface area contributed by atoms with Gasteiger partial charge >= 0.3 is 0 Å². The van der Waals surface area contributed by atoms with Crippen molar-refractivity contribution in [3.05, 3.63) is 57.0 Å². The van der Waals surface area contributed by atoms with Gasteiger partial charge in [0, 0.05) is 41.2 Å². The first-order chi connectivity index (χ1) is 19.0. The molecule has 3 rings (SSSR count). The zero-order chi connectivity index (χ0) is 29.4. The highest BCUT2D eigenvalue weighted by molar-refractivity contribution is 7.92. The molecule has 0 bridgehead atoms. The number of hydrogen-bond acceptors (Lipinski definition) is 5. The Labute approximate surface area is 251 Å². The maximum atomic E-state index is 13.7. The third-order valence-corrected chi connectivity index (χ3v) is 9.25. The number of carbonyl (C=O) groups excluding carboxylic acids is 2. The maximum absolute atomic E-state index is 13.7. The summed E-state index contributed by atoms with van der Waals surface area (Å²) in [6.45, 7) is 1.95. The van der Waals surface area contributed by atoms with Crippen LogP contribution in [0.25, 0.3) is 0 Å². The molecule has 0 spiro atoms. The lowest BCUT2D eigenvalue weighted by Gasteiger charge is -2.32. The lowest BCUT2D eigenvalue weighted by molar-refractivity contribution is -0.141. The van der Waals surface area contributed by atoms with Crippen molar-refractivity contribution >= 4 is 62.3 Å². The molecule has 0 aromatic heterocycles. The van der Waals surface area contributed by atoms with E-state index in [2.05, 4.69) is 5.32 Å². The highest BCUT2D eigenvalue weighted by atomic mass is 35.5. The summed E-state index contributed by atoms with van der Waals surface area (Å²) < 4.78 is 31.6. The van der Waals surface area contributed by atoms with E-state index in [1.54, 1.807) is 30.3 Å². The molecule has 0 saturated heterocycles. The van der Waals surface area contributed by atoms with Gasteiger partial charge in [-0.25, -0.2) is 8.42 Å². The lowest BCUT2D eigenvalue weighted by Crippen LogP contribution is -2.51. The molecule has 8 nitrogen and oxygen atoms in total. The van der Waals surface area contributed by atoms with Crippen LogP contribution in [0.15, 0.2) is 36.4 Å². The number of nitrogens with zero attached hydrogens (tertiary/aromatic N) is 2. The zero-order valence-electron chi connectivity index (χ0n) is 23.0. The van der Waals surface area contributed by atoms with Gasteiger partial charge in [-0.15, -0.1) is 0 Å². The summed E-state index contributed by atoms with van der Waals surface area (Å²) in [5, 5.41) is 4.17.